The van der Waals surface area contributed by atoms with Crippen LogP contribution < -0.4 is 21.1 Å². The molecule has 12 heteroatoms. The number of aromatic hydroxyl groups is 1. The lowest BCUT2D eigenvalue weighted by atomic mass is 9.97. The Morgan fingerprint density at radius 1 is 0.724 bits per heavy atom. The van der Waals surface area contributed by atoms with E-state index < -0.39 is 34.9 Å². The third-order valence-corrected chi connectivity index (χ3v) is 10.0. The molecular formula is C46H38N6O6. The minimum Gasteiger partial charge on any atom is -0.507 e. The molecule has 7 aromatic rings. The van der Waals surface area contributed by atoms with Gasteiger partial charge in [-0.05, 0) is 78.6 Å². The fourth-order valence-electron chi connectivity index (χ4n) is 7.17. The van der Waals surface area contributed by atoms with Gasteiger partial charge in [-0.1, -0.05) is 84.9 Å². The zero-order valence-electron chi connectivity index (χ0n) is 31.5. The van der Waals surface area contributed by atoms with Gasteiger partial charge in [0.2, 0.25) is 0 Å². The molecule has 58 heavy (non-hydrogen) atoms. The van der Waals surface area contributed by atoms with Crippen molar-refractivity contribution in [3.8, 4) is 17.0 Å². The molecule has 0 saturated heterocycles. The van der Waals surface area contributed by atoms with Gasteiger partial charge in [0, 0.05) is 29.3 Å². The number of carbonyl (C=O) groups excluding carboxylic acids is 2. The maximum atomic E-state index is 14.0. The van der Waals surface area contributed by atoms with Gasteiger partial charge >= 0.3 is 0 Å². The number of nitrogens with one attached hydrogen (secondary N) is 2. The van der Waals surface area contributed by atoms with E-state index >= 15 is 0 Å². The summed E-state index contributed by atoms with van der Waals surface area (Å²) in [5.74, 6) is -2.06. The third kappa shape index (κ3) is 7.27. The molecule has 8 rings (SSSR count). The Labute approximate surface area is 333 Å². The highest BCUT2D eigenvalue weighted by Gasteiger charge is 2.36. The van der Waals surface area contributed by atoms with E-state index in [0.29, 0.717) is 28.0 Å². The van der Waals surface area contributed by atoms with Crippen LogP contribution in [0.5, 0.6) is 5.75 Å². The zero-order chi connectivity index (χ0) is 40.5. The van der Waals surface area contributed by atoms with Gasteiger partial charge in [0.25, 0.3) is 17.4 Å². The Bertz CT molecular complexity index is 2800. The highest BCUT2D eigenvalue weighted by atomic mass is 16.3. The predicted molar refractivity (Wildman–Crippen MR) is 224 cm³/mol. The maximum Gasteiger partial charge on any atom is 0.268 e. The monoisotopic (exact) mass is 770 g/mol. The van der Waals surface area contributed by atoms with Crippen molar-refractivity contribution in [3.05, 3.63) is 183 Å². The summed E-state index contributed by atoms with van der Waals surface area (Å²) in [5.41, 5.74) is 4.23. The molecule has 1 aliphatic rings. The number of aliphatic hydroxyl groups is 2. The van der Waals surface area contributed by atoms with Crippen LogP contribution in [-0.4, -0.2) is 47.9 Å². The summed E-state index contributed by atoms with van der Waals surface area (Å²) in [6, 6.07) is 37.7. The molecule has 4 heterocycles. The van der Waals surface area contributed by atoms with E-state index in [1.54, 1.807) is 77.8 Å². The van der Waals surface area contributed by atoms with Crippen LogP contribution in [0.15, 0.2) is 144 Å². The first-order valence-electron chi connectivity index (χ1n) is 18.5. The summed E-state index contributed by atoms with van der Waals surface area (Å²) < 4.78 is 1.44. The Balaban J connectivity index is 1.16. The van der Waals surface area contributed by atoms with Gasteiger partial charge in [-0.25, -0.2) is 9.97 Å². The van der Waals surface area contributed by atoms with Gasteiger partial charge in [-0.2, -0.15) is 0 Å². The van der Waals surface area contributed by atoms with E-state index in [1.165, 1.54) is 4.57 Å². The molecule has 1 aliphatic heterocycles. The number of rotatable bonds is 9. The van der Waals surface area contributed by atoms with Crippen molar-refractivity contribution >= 4 is 45.8 Å². The SMILES string of the molecule is Cc1ccc(NC(=O)c2c(O)c3cc(-c4cc(C)cc(NC(=O)C5=C(O)c6ccccc6N(Cc6ccccc6)C5O)n4)ccc3n(Cc3ccccc3)c2=O)nc1. The van der Waals surface area contributed by atoms with Gasteiger partial charge in [0.15, 0.2) is 6.23 Å². The second kappa shape index (κ2) is 15.5. The number of anilines is 3. The van der Waals surface area contributed by atoms with Crippen molar-refractivity contribution in [1.29, 1.82) is 0 Å². The molecule has 0 radical (unpaired) electrons. The number of para-hydroxylation sites is 1. The molecule has 0 saturated carbocycles. The number of nitrogens with zero attached hydrogens (tertiary/aromatic N) is 4. The first-order valence-corrected chi connectivity index (χ1v) is 18.5. The van der Waals surface area contributed by atoms with Crippen LogP contribution in [0.4, 0.5) is 17.3 Å². The summed E-state index contributed by atoms with van der Waals surface area (Å²) in [6.07, 6.45) is 0.0994. The molecule has 0 bridgehead atoms. The first-order chi connectivity index (χ1) is 28.0. The van der Waals surface area contributed by atoms with Crippen LogP contribution in [0.25, 0.3) is 27.9 Å². The standard InChI is InChI=1S/C46H38N6O6/c1-27-17-20-37(47-24-27)49-43(55)40-42(54)33-23-31(18-19-36(33)52(46(40)58)26-30-13-7-4-8-14-30)34-21-28(2)22-38(48-34)50-44(56)39-41(53)32-15-9-10-16-35(32)51(45(39)57)25-29-11-5-3-6-12-29/h3-24,45,53-54,57H,25-26H2,1-2H3,(H,47,49,55)(H,48,50,56). The van der Waals surface area contributed by atoms with Crippen molar-refractivity contribution in [2.45, 2.75) is 33.2 Å². The Kier molecular flexibility index (Phi) is 10.00. The lowest BCUT2D eigenvalue weighted by Gasteiger charge is -2.36. The Hall–Kier alpha value is -7.57. The molecule has 0 fully saturated rings. The summed E-state index contributed by atoms with van der Waals surface area (Å²) in [7, 11) is 0. The maximum absolute atomic E-state index is 14.0. The van der Waals surface area contributed by atoms with Crippen LogP contribution >= 0.6 is 0 Å². The highest BCUT2D eigenvalue weighted by molar-refractivity contribution is 6.11. The molecule has 5 N–H and O–H groups in total. The van der Waals surface area contributed by atoms with Gasteiger partial charge in [0.1, 0.15) is 34.3 Å². The lowest BCUT2D eigenvalue weighted by Crippen LogP contribution is -2.43. The second-order valence-electron chi connectivity index (χ2n) is 14.1. The number of amides is 2. The molecule has 12 nitrogen and oxygen atoms in total. The van der Waals surface area contributed by atoms with E-state index in [0.717, 1.165) is 22.3 Å². The minimum atomic E-state index is -1.48. The van der Waals surface area contributed by atoms with Gasteiger partial charge in [-0.3, -0.25) is 14.4 Å². The fourth-order valence-corrected chi connectivity index (χ4v) is 7.17. The number of fused-ring (bicyclic) bond motifs is 2. The number of benzene rings is 4. The zero-order valence-corrected chi connectivity index (χ0v) is 31.5. The summed E-state index contributed by atoms with van der Waals surface area (Å²) >= 11 is 0. The van der Waals surface area contributed by atoms with E-state index in [1.807, 2.05) is 74.5 Å². The van der Waals surface area contributed by atoms with Crippen LogP contribution in [0, 0.1) is 13.8 Å². The van der Waals surface area contributed by atoms with Crippen molar-refractivity contribution in [3.63, 3.8) is 0 Å². The largest absolute Gasteiger partial charge is 0.507 e. The smallest absolute Gasteiger partial charge is 0.268 e. The molecule has 2 amide bonds. The summed E-state index contributed by atoms with van der Waals surface area (Å²) in [6.45, 7) is 4.08. The lowest BCUT2D eigenvalue weighted by molar-refractivity contribution is -0.113. The molecule has 1 atom stereocenters. The van der Waals surface area contributed by atoms with Crippen LogP contribution in [0.1, 0.15) is 38.2 Å². The average Bonchev–Trinajstić information content (AvgIpc) is 3.22. The van der Waals surface area contributed by atoms with E-state index in [4.69, 9.17) is 4.98 Å². The number of pyridine rings is 3. The van der Waals surface area contributed by atoms with Crippen LogP contribution in [-0.2, 0) is 17.9 Å². The highest BCUT2D eigenvalue weighted by Crippen LogP contribution is 2.38. The molecule has 0 spiro atoms. The molecule has 3 aromatic heterocycles. The molecular weight excluding hydrogens is 733 g/mol. The van der Waals surface area contributed by atoms with E-state index in [-0.39, 0.29) is 41.4 Å². The van der Waals surface area contributed by atoms with Gasteiger partial charge in [-0.15, -0.1) is 0 Å². The van der Waals surface area contributed by atoms with Gasteiger partial charge < -0.3 is 35.4 Å². The molecule has 1 unspecified atom stereocenters. The van der Waals surface area contributed by atoms with Crippen molar-refractivity contribution < 1.29 is 24.9 Å². The van der Waals surface area contributed by atoms with E-state index in [9.17, 15) is 29.7 Å². The summed E-state index contributed by atoms with van der Waals surface area (Å²) in [4.78, 5) is 52.3. The Morgan fingerprint density at radius 3 is 2.10 bits per heavy atom. The van der Waals surface area contributed by atoms with Gasteiger partial charge in [0.05, 0.1) is 23.4 Å². The molecule has 288 valence electrons. The van der Waals surface area contributed by atoms with Crippen molar-refractivity contribution in [2.75, 3.05) is 15.5 Å². The molecule has 0 aliphatic carbocycles. The van der Waals surface area contributed by atoms with E-state index in [2.05, 4.69) is 15.6 Å². The van der Waals surface area contributed by atoms with Crippen LogP contribution in [0.3, 0.4) is 0 Å². The topological polar surface area (TPSA) is 170 Å². The normalized spacial score (nSPS) is 13.6. The first kappa shape index (κ1) is 37.4. The number of hydrogen-bond acceptors (Lipinski definition) is 9. The predicted octanol–water partition coefficient (Wildman–Crippen LogP) is 7.33. The fraction of sp³-hybridized carbons (Fsp3) is 0.109. The Morgan fingerprint density at radius 2 is 1.40 bits per heavy atom. The molecule has 4 aromatic carbocycles. The number of aryl methyl sites for hydroxylation is 2. The van der Waals surface area contributed by atoms with Crippen LogP contribution in [0.2, 0.25) is 0 Å². The minimum absolute atomic E-state index is 0.125. The van der Waals surface area contributed by atoms with Crippen molar-refractivity contribution in [1.82, 2.24) is 14.5 Å². The quantitative estimate of drug-likeness (QED) is 0.101. The second-order valence-corrected chi connectivity index (χ2v) is 14.1. The number of aromatic nitrogens is 3. The average molecular weight is 771 g/mol. The number of aliphatic hydroxyl groups excluding tert-OH is 2. The van der Waals surface area contributed by atoms with Crippen molar-refractivity contribution in [2.24, 2.45) is 0 Å². The summed E-state index contributed by atoms with van der Waals surface area (Å²) in [5, 5.41) is 40.3. The number of hydrogen-bond donors (Lipinski definition) is 5. The number of carbonyl (C=O) groups is 2. The third-order valence-electron chi connectivity index (χ3n) is 10.0.